The Bertz CT molecular complexity index is 52.0. The summed E-state index contributed by atoms with van der Waals surface area (Å²) in [5.41, 5.74) is 0. The van der Waals surface area contributed by atoms with Gasteiger partial charge in [0.1, 0.15) is 0 Å². The van der Waals surface area contributed by atoms with Crippen LogP contribution in [0.25, 0.3) is 0 Å². The fourth-order valence-electron chi connectivity index (χ4n) is 0.244. The van der Waals surface area contributed by atoms with E-state index in [1.54, 1.807) is 0 Å². The SMILES string of the molecule is C=CCC(Br)CBr. The predicted octanol–water partition coefficient (Wildman–Crippen LogP) is 2.72. The fourth-order valence-corrected chi connectivity index (χ4v) is 0.773. The summed E-state index contributed by atoms with van der Waals surface area (Å²) in [5, 5.41) is 0.999. The van der Waals surface area contributed by atoms with Crippen LogP contribution in [0, 0.1) is 0 Å². The lowest BCUT2D eigenvalue weighted by atomic mass is 10.3. The van der Waals surface area contributed by atoms with Gasteiger partial charge in [-0.05, 0) is 6.42 Å². The van der Waals surface area contributed by atoms with Gasteiger partial charge in [0.25, 0.3) is 0 Å². The smallest absolute Gasteiger partial charge is 0.0277 e. The zero-order valence-electron chi connectivity index (χ0n) is 4.03. The van der Waals surface area contributed by atoms with Crippen LogP contribution in [-0.4, -0.2) is 10.2 Å². The van der Waals surface area contributed by atoms with E-state index in [4.69, 9.17) is 0 Å². The third-order valence-electron chi connectivity index (χ3n) is 0.590. The standard InChI is InChI=1S/C5H8Br2/c1-2-3-5(7)4-6/h2,5H,1,3-4H2. The van der Waals surface area contributed by atoms with E-state index in [9.17, 15) is 0 Å². The third kappa shape index (κ3) is 4.56. The minimum absolute atomic E-state index is 0.560. The zero-order chi connectivity index (χ0) is 5.70. The van der Waals surface area contributed by atoms with Crippen molar-refractivity contribution < 1.29 is 0 Å². The molecule has 0 aromatic heterocycles. The molecule has 0 amide bonds. The molecule has 7 heavy (non-hydrogen) atoms. The summed E-state index contributed by atoms with van der Waals surface area (Å²) in [6.45, 7) is 3.60. The lowest BCUT2D eigenvalue weighted by Crippen LogP contribution is -1.94. The van der Waals surface area contributed by atoms with Crippen molar-refractivity contribution in [1.82, 2.24) is 0 Å². The van der Waals surface area contributed by atoms with Gasteiger partial charge in [-0.1, -0.05) is 37.9 Å². The first-order valence-electron chi connectivity index (χ1n) is 2.12. The number of hydrogen-bond donors (Lipinski definition) is 0. The largest absolute Gasteiger partial charge is 0.103 e. The fraction of sp³-hybridized carbons (Fsp3) is 0.600. The number of halogens is 2. The second-order valence-corrected chi connectivity index (χ2v) is 3.22. The first-order valence-corrected chi connectivity index (χ1v) is 4.16. The highest BCUT2D eigenvalue weighted by molar-refractivity contribution is 9.12. The Kier molecular flexibility index (Phi) is 5.33. The van der Waals surface area contributed by atoms with Gasteiger partial charge in [0.2, 0.25) is 0 Å². The Morgan fingerprint density at radius 1 is 1.71 bits per heavy atom. The summed E-state index contributed by atoms with van der Waals surface area (Å²) in [6, 6.07) is 0. The van der Waals surface area contributed by atoms with E-state index in [1.165, 1.54) is 0 Å². The highest BCUT2D eigenvalue weighted by Gasteiger charge is 1.94. The van der Waals surface area contributed by atoms with Crippen LogP contribution in [0.4, 0.5) is 0 Å². The van der Waals surface area contributed by atoms with Crippen LogP contribution in [0.3, 0.4) is 0 Å². The maximum Gasteiger partial charge on any atom is 0.0277 e. The number of allylic oxidation sites excluding steroid dienone is 1. The summed E-state index contributed by atoms with van der Waals surface area (Å²) in [4.78, 5) is 0.560. The molecular weight excluding hydrogens is 220 g/mol. The normalized spacial score (nSPS) is 13.4. The van der Waals surface area contributed by atoms with Gasteiger partial charge in [0, 0.05) is 10.2 Å². The molecule has 0 spiro atoms. The zero-order valence-corrected chi connectivity index (χ0v) is 7.20. The average Bonchev–Trinajstić information content (AvgIpc) is 1.68. The molecule has 0 aromatic carbocycles. The Labute approximate surface area is 61.2 Å². The molecule has 1 atom stereocenters. The quantitative estimate of drug-likeness (QED) is 0.514. The molecule has 0 N–H and O–H groups in total. The lowest BCUT2D eigenvalue weighted by Gasteiger charge is -1.96. The first kappa shape index (κ1) is 7.70. The lowest BCUT2D eigenvalue weighted by molar-refractivity contribution is 1.02. The van der Waals surface area contributed by atoms with Gasteiger partial charge in [-0.25, -0.2) is 0 Å². The van der Waals surface area contributed by atoms with E-state index in [0.29, 0.717) is 4.83 Å². The number of hydrogen-bond acceptors (Lipinski definition) is 0. The van der Waals surface area contributed by atoms with Gasteiger partial charge in [-0.15, -0.1) is 6.58 Å². The van der Waals surface area contributed by atoms with Crippen molar-refractivity contribution in [2.45, 2.75) is 11.2 Å². The molecule has 1 unspecified atom stereocenters. The van der Waals surface area contributed by atoms with Crippen LogP contribution < -0.4 is 0 Å². The molecule has 0 saturated heterocycles. The van der Waals surface area contributed by atoms with Crippen LogP contribution in [0.5, 0.6) is 0 Å². The molecule has 0 aliphatic rings. The van der Waals surface area contributed by atoms with Gasteiger partial charge >= 0.3 is 0 Å². The summed E-state index contributed by atoms with van der Waals surface area (Å²) in [7, 11) is 0. The Balaban J connectivity index is 2.98. The van der Waals surface area contributed by atoms with Crippen molar-refractivity contribution in [1.29, 1.82) is 0 Å². The topological polar surface area (TPSA) is 0 Å². The maximum absolute atomic E-state index is 3.60. The molecule has 0 heterocycles. The van der Waals surface area contributed by atoms with Crippen LogP contribution in [0.15, 0.2) is 12.7 Å². The van der Waals surface area contributed by atoms with E-state index >= 15 is 0 Å². The molecule has 0 aliphatic heterocycles. The van der Waals surface area contributed by atoms with Gasteiger partial charge in [0.15, 0.2) is 0 Å². The van der Waals surface area contributed by atoms with Crippen LogP contribution in [-0.2, 0) is 0 Å². The molecule has 0 bridgehead atoms. The molecule has 0 saturated carbocycles. The number of rotatable bonds is 3. The van der Waals surface area contributed by atoms with Gasteiger partial charge in [0.05, 0.1) is 0 Å². The Morgan fingerprint density at radius 3 is 2.43 bits per heavy atom. The predicted molar refractivity (Wildman–Crippen MR) is 41.3 cm³/mol. The van der Waals surface area contributed by atoms with Crippen LogP contribution >= 0.6 is 31.9 Å². The van der Waals surface area contributed by atoms with E-state index < -0.39 is 0 Å². The highest BCUT2D eigenvalue weighted by Crippen LogP contribution is 2.07. The molecular formula is C5H8Br2. The molecule has 0 nitrogen and oxygen atoms in total. The summed E-state index contributed by atoms with van der Waals surface area (Å²) >= 11 is 6.74. The molecule has 2 heteroatoms. The summed E-state index contributed by atoms with van der Waals surface area (Å²) in [5.74, 6) is 0. The monoisotopic (exact) mass is 226 g/mol. The van der Waals surface area contributed by atoms with Crippen molar-refractivity contribution in [3.63, 3.8) is 0 Å². The summed E-state index contributed by atoms with van der Waals surface area (Å²) in [6.07, 6.45) is 2.94. The molecule has 0 fully saturated rings. The first-order chi connectivity index (χ1) is 3.31. The highest BCUT2D eigenvalue weighted by atomic mass is 79.9. The van der Waals surface area contributed by atoms with Crippen LogP contribution in [0.2, 0.25) is 0 Å². The Hall–Kier alpha value is 0.700. The number of alkyl halides is 2. The molecule has 0 aliphatic carbocycles. The second kappa shape index (κ2) is 4.85. The molecule has 0 aromatic rings. The van der Waals surface area contributed by atoms with Gasteiger partial charge < -0.3 is 0 Å². The van der Waals surface area contributed by atoms with E-state index in [0.717, 1.165) is 11.8 Å². The molecule has 0 radical (unpaired) electrons. The molecule has 42 valence electrons. The second-order valence-electron chi connectivity index (χ2n) is 1.28. The van der Waals surface area contributed by atoms with E-state index in [2.05, 4.69) is 38.4 Å². The third-order valence-corrected chi connectivity index (χ3v) is 2.94. The maximum atomic E-state index is 3.60. The average molecular weight is 228 g/mol. The Morgan fingerprint density at radius 2 is 2.29 bits per heavy atom. The minimum atomic E-state index is 0.560. The van der Waals surface area contributed by atoms with Crippen molar-refractivity contribution in [2.24, 2.45) is 0 Å². The van der Waals surface area contributed by atoms with Crippen molar-refractivity contribution in [3.05, 3.63) is 12.7 Å². The van der Waals surface area contributed by atoms with Gasteiger partial charge in [-0.3, -0.25) is 0 Å². The van der Waals surface area contributed by atoms with Crippen LogP contribution in [0.1, 0.15) is 6.42 Å². The summed E-state index contributed by atoms with van der Waals surface area (Å²) < 4.78 is 0. The van der Waals surface area contributed by atoms with Crippen molar-refractivity contribution in [3.8, 4) is 0 Å². The van der Waals surface area contributed by atoms with E-state index in [1.807, 2.05) is 6.08 Å². The van der Waals surface area contributed by atoms with Crippen molar-refractivity contribution in [2.75, 3.05) is 5.33 Å². The van der Waals surface area contributed by atoms with E-state index in [-0.39, 0.29) is 0 Å². The van der Waals surface area contributed by atoms with Gasteiger partial charge in [-0.2, -0.15) is 0 Å². The minimum Gasteiger partial charge on any atom is -0.103 e. The van der Waals surface area contributed by atoms with Crippen molar-refractivity contribution >= 4 is 31.9 Å². The molecule has 0 rings (SSSR count).